The number of amides is 4. The lowest BCUT2D eigenvalue weighted by Crippen LogP contribution is -2.57. The molecule has 0 fully saturated rings. The summed E-state index contributed by atoms with van der Waals surface area (Å²) in [5.74, 6) is -3.28. The van der Waals surface area contributed by atoms with Gasteiger partial charge in [-0.05, 0) is 30.8 Å². The van der Waals surface area contributed by atoms with Crippen molar-refractivity contribution in [2.24, 2.45) is 17.4 Å². The number of nitrogens with one attached hydrogen (secondary N) is 3. The zero-order chi connectivity index (χ0) is 23.3. The third-order valence-electron chi connectivity index (χ3n) is 4.49. The Balaban J connectivity index is 5.22. The molecule has 0 saturated heterocycles. The first-order valence-corrected chi connectivity index (χ1v) is 11.1. The molecule has 0 bridgehead atoms. The Morgan fingerprint density at radius 2 is 1.67 bits per heavy atom. The molecular formula is C18H33N5O6S. The van der Waals surface area contributed by atoms with Crippen LogP contribution in [0.15, 0.2) is 0 Å². The van der Waals surface area contributed by atoms with Gasteiger partial charge in [0.15, 0.2) is 0 Å². The summed E-state index contributed by atoms with van der Waals surface area (Å²) in [4.78, 5) is 59.0. The number of carbonyl (C=O) groups excluding carboxylic acids is 4. The first-order valence-electron chi connectivity index (χ1n) is 9.66. The highest BCUT2D eigenvalue weighted by molar-refractivity contribution is 7.98. The van der Waals surface area contributed by atoms with Crippen LogP contribution < -0.4 is 27.4 Å². The van der Waals surface area contributed by atoms with E-state index in [4.69, 9.17) is 16.6 Å². The molecule has 4 atom stereocenters. The Morgan fingerprint density at radius 1 is 1.03 bits per heavy atom. The smallest absolute Gasteiger partial charge is 0.322 e. The SMILES string of the molecule is CCC(C)C(NC(=O)C(CCSC)NC(=O)C(N)CCC(N)=O)C(=O)NCC(=O)O. The summed E-state index contributed by atoms with van der Waals surface area (Å²) < 4.78 is 0. The average molecular weight is 448 g/mol. The Labute approximate surface area is 180 Å². The van der Waals surface area contributed by atoms with Crippen LogP contribution in [0.1, 0.15) is 39.5 Å². The quantitative estimate of drug-likeness (QED) is 0.175. The second-order valence-corrected chi connectivity index (χ2v) is 7.92. The van der Waals surface area contributed by atoms with Crippen molar-refractivity contribution in [3.8, 4) is 0 Å². The summed E-state index contributed by atoms with van der Waals surface area (Å²) in [5.41, 5.74) is 10.8. The van der Waals surface area contributed by atoms with Gasteiger partial charge in [-0.1, -0.05) is 20.3 Å². The van der Waals surface area contributed by atoms with Crippen molar-refractivity contribution >= 4 is 41.4 Å². The van der Waals surface area contributed by atoms with Crippen LogP contribution in [-0.2, 0) is 24.0 Å². The summed E-state index contributed by atoms with van der Waals surface area (Å²) >= 11 is 1.48. The Hall–Kier alpha value is -2.34. The summed E-state index contributed by atoms with van der Waals surface area (Å²) in [7, 11) is 0. The zero-order valence-corrected chi connectivity index (χ0v) is 18.4. The number of carbonyl (C=O) groups is 5. The van der Waals surface area contributed by atoms with Crippen molar-refractivity contribution < 1.29 is 29.1 Å². The summed E-state index contributed by atoms with van der Waals surface area (Å²) in [6, 6.07) is -2.91. The van der Waals surface area contributed by atoms with Crippen molar-refractivity contribution in [2.75, 3.05) is 18.6 Å². The van der Waals surface area contributed by atoms with Gasteiger partial charge < -0.3 is 32.5 Å². The molecule has 4 amide bonds. The van der Waals surface area contributed by atoms with E-state index in [1.54, 1.807) is 6.92 Å². The molecular weight excluding hydrogens is 414 g/mol. The van der Waals surface area contributed by atoms with Gasteiger partial charge in [-0.15, -0.1) is 0 Å². The number of hydrogen-bond acceptors (Lipinski definition) is 7. The maximum absolute atomic E-state index is 12.8. The average Bonchev–Trinajstić information content (AvgIpc) is 2.70. The summed E-state index contributed by atoms with van der Waals surface area (Å²) in [6.07, 6.45) is 2.69. The maximum Gasteiger partial charge on any atom is 0.322 e. The molecule has 172 valence electrons. The number of primary amides is 1. The minimum absolute atomic E-state index is 0.0467. The van der Waals surface area contributed by atoms with Crippen LogP contribution in [0.5, 0.6) is 0 Å². The van der Waals surface area contributed by atoms with Gasteiger partial charge in [0.2, 0.25) is 23.6 Å². The first kappa shape index (κ1) is 27.7. The fourth-order valence-corrected chi connectivity index (χ4v) is 2.91. The van der Waals surface area contributed by atoms with Gasteiger partial charge >= 0.3 is 5.97 Å². The fraction of sp³-hybridized carbons (Fsp3) is 0.722. The number of carboxylic acid groups (broad SMARTS) is 1. The summed E-state index contributed by atoms with van der Waals surface area (Å²) in [5, 5.41) is 16.2. The number of nitrogens with two attached hydrogens (primary N) is 2. The van der Waals surface area contributed by atoms with Crippen LogP contribution in [0, 0.1) is 5.92 Å². The molecule has 0 aliphatic heterocycles. The van der Waals surface area contributed by atoms with Gasteiger partial charge in [-0.25, -0.2) is 0 Å². The molecule has 0 heterocycles. The molecule has 0 aromatic heterocycles. The molecule has 0 aliphatic rings. The minimum Gasteiger partial charge on any atom is -0.480 e. The van der Waals surface area contributed by atoms with Crippen molar-refractivity contribution in [2.45, 2.75) is 57.7 Å². The highest BCUT2D eigenvalue weighted by Gasteiger charge is 2.30. The highest BCUT2D eigenvalue weighted by Crippen LogP contribution is 2.10. The van der Waals surface area contributed by atoms with Gasteiger partial charge in [0.05, 0.1) is 6.04 Å². The lowest BCUT2D eigenvalue weighted by Gasteiger charge is -2.27. The van der Waals surface area contributed by atoms with Crippen molar-refractivity contribution in [1.82, 2.24) is 16.0 Å². The van der Waals surface area contributed by atoms with Crippen LogP contribution in [0.2, 0.25) is 0 Å². The second kappa shape index (κ2) is 14.6. The molecule has 30 heavy (non-hydrogen) atoms. The van der Waals surface area contributed by atoms with Crippen LogP contribution >= 0.6 is 11.8 Å². The molecule has 0 aromatic rings. The number of thioether (sulfide) groups is 1. The van der Waals surface area contributed by atoms with E-state index in [0.717, 1.165) is 0 Å². The molecule has 0 spiro atoms. The zero-order valence-electron chi connectivity index (χ0n) is 17.6. The van der Waals surface area contributed by atoms with Gasteiger partial charge in [-0.3, -0.25) is 24.0 Å². The van der Waals surface area contributed by atoms with E-state index < -0.39 is 54.3 Å². The van der Waals surface area contributed by atoms with E-state index >= 15 is 0 Å². The number of aliphatic carboxylic acids is 1. The molecule has 0 radical (unpaired) electrons. The number of rotatable bonds is 15. The molecule has 0 rings (SSSR count). The van der Waals surface area contributed by atoms with Gasteiger partial charge in [0.1, 0.15) is 18.6 Å². The van der Waals surface area contributed by atoms with Crippen LogP contribution in [0.4, 0.5) is 0 Å². The van der Waals surface area contributed by atoms with E-state index in [2.05, 4.69) is 16.0 Å². The highest BCUT2D eigenvalue weighted by atomic mass is 32.2. The van der Waals surface area contributed by atoms with Crippen LogP contribution in [0.3, 0.4) is 0 Å². The number of hydrogen-bond donors (Lipinski definition) is 6. The Bertz CT molecular complexity index is 618. The van der Waals surface area contributed by atoms with Gasteiger partial charge in [-0.2, -0.15) is 11.8 Å². The molecule has 0 aromatic carbocycles. The Morgan fingerprint density at radius 3 is 2.17 bits per heavy atom. The molecule has 0 aliphatic carbocycles. The maximum atomic E-state index is 12.8. The second-order valence-electron chi connectivity index (χ2n) is 6.94. The van der Waals surface area contributed by atoms with E-state index in [0.29, 0.717) is 18.6 Å². The molecule has 12 heteroatoms. The minimum atomic E-state index is -1.20. The predicted molar refractivity (Wildman–Crippen MR) is 113 cm³/mol. The largest absolute Gasteiger partial charge is 0.480 e. The normalized spacial score (nSPS) is 14.7. The predicted octanol–water partition coefficient (Wildman–Crippen LogP) is -1.45. The molecule has 8 N–H and O–H groups in total. The van der Waals surface area contributed by atoms with Gasteiger partial charge in [0, 0.05) is 6.42 Å². The fourth-order valence-electron chi connectivity index (χ4n) is 2.44. The van der Waals surface area contributed by atoms with Crippen molar-refractivity contribution in [3.63, 3.8) is 0 Å². The lowest BCUT2D eigenvalue weighted by atomic mass is 9.97. The monoisotopic (exact) mass is 447 g/mol. The van der Waals surface area contributed by atoms with Crippen molar-refractivity contribution in [3.05, 3.63) is 0 Å². The van der Waals surface area contributed by atoms with Crippen molar-refractivity contribution in [1.29, 1.82) is 0 Å². The molecule has 0 saturated carbocycles. The number of carboxylic acids is 1. The standard InChI is InChI=1S/C18H33N5O6S/c1-4-10(2)15(18(29)21-9-14(25)26)23-17(28)12(7-8-30-3)22-16(27)11(19)5-6-13(20)24/h10-12,15H,4-9,19H2,1-3H3,(H2,20,24)(H,21,29)(H,22,27)(H,23,28)(H,25,26). The topological polar surface area (TPSA) is 194 Å². The third-order valence-corrected chi connectivity index (χ3v) is 5.13. The Kier molecular flexibility index (Phi) is 13.5. The van der Waals surface area contributed by atoms with E-state index in [1.807, 2.05) is 13.2 Å². The van der Waals surface area contributed by atoms with E-state index in [1.165, 1.54) is 11.8 Å². The van der Waals surface area contributed by atoms with E-state index in [9.17, 15) is 24.0 Å². The molecule has 4 unspecified atom stereocenters. The first-order chi connectivity index (χ1) is 14.0. The third kappa shape index (κ3) is 11.0. The summed E-state index contributed by atoms with van der Waals surface area (Å²) in [6.45, 7) is 3.02. The molecule has 11 nitrogen and oxygen atoms in total. The van der Waals surface area contributed by atoms with Gasteiger partial charge in [0.25, 0.3) is 0 Å². The van der Waals surface area contributed by atoms with Crippen LogP contribution in [-0.4, -0.2) is 71.4 Å². The van der Waals surface area contributed by atoms with E-state index in [-0.39, 0.29) is 18.8 Å². The van der Waals surface area contributed by atoms with Crippen LogP contribution in [0.25, 0.3) is 0 Å². The lowest BCUT2D eigenvalue weighted by molar-refractivity contribution is -0.139.